The molecular weight excluding hydrogens is 448 g/mol. The summed E-state index contributed by atoms with van der Waals surface area (Å²) in [6.45, 7) is 4.37. The molecule has 1 unspecified atom stereocenters. The third kappa shape index (κ3) is 6.57. The van der Waals surface area contributed by atoms with E-state index in [0.717, 1.165) is 33.5 Å². The quantitative estimate of drug-likeness (QED) is 0.200. The van der Waals surface area contributed by atoms with Gasteiger partial charge >= 0.3 is 5.97 Å². The summed E-state index contributed by atoms with van der Waals surface area (Å²) >= 11 is 0. The van der Waals surface area contributed by atoms with Gasteiger partial charge in [0.15, 0.2) is 11.6 Å². The molecule has 0 aliphatic carbocycles. The van der Waals surface area contributed by atoms with Crippen molar-refractivity contribution in [1.29, 1.82) is 0 Å². The van der Waals surface area contributed by atoms with Crippen LogP contribution in [0.2, 0.25) is 0 Å². The molecule has 4 rings (SSSR count). The fourth-order valence-electron chi connectivity index (χ4n) is 4.34. The van der Waals surface area contributed by atoms with Crippen LogP contribution in [-0.2, 0) is 29.0 Å². The van der Waals surface area contributed by atoms with Gasteiger partial charge in [-0.15, -0.1) is 0 Å². The van der Waals surface area contributed by atoms with Crippen LogP contribution in [0.25, 0.3) is 0 Å². The molecule has 184 valence electrons. The standard InChI is InChI=1S/C31H32N2O3/c1-22-26(21-36-30(35)19-17-25-12-7-4-8-13-25)14-9-15-27(22)23(2)28-20-32-31(33-28)29(34)18-16-24-10-5-3-6-11-24/h3-15,20,23H,16-19,21H2,1-2H3,(H,32,33). The van der Waals surface area contributed by atoms with Crippen molar-refractivity contribution in [2.45, 2.75) is 52.1 Å². The maximum atomic E-state index is 12.7. The van der Waals surface area contributed by atoms with Crippen molar-refractivity contribution in [3.05, 3.63) is 124 Å². The van der Waals surface area contributed by atoms with Gasteiger partial charge in [-0.2, -0.15) is 0 Å². The van der Waals surface area contributed by atoms with E-state index in [1.165, 1.54) is 0 Å². The van der Waals surface area contributed by atoms with E-state index in [1.54, 1.807) is 6.20 Å². The first-order valence-corrected chi connectivity index (χ1v) is 12.4. The van der Waals surface area contributed by atoms with Gasteiger partial charge in [0, 0.05) is 30.7 Å². The minimum absolute atomic E-state index is 0.00481. The number of benzene rings is 3. The summed E-state index contributed by atoms with van der Waals surface area (Å²) in [6.07, 6.45) is 3.87. The number of esters is 1. The first-order chi connectivity index (χ1) is 17.5. The third-order valence-corrected chi connectivity index (χ3v) is 6.61. The highest BCUT2D eigenvalue weighted by Crippen LogP contribution is 2.28. The summed E-state index contributed by atoms with van der Waals surface area (Å²) in [4.78, 5) is 32.5. The molecule has 1 aromatic heterocycles. The predicted molar refractivity (Wildman–Crippen MR) is 141 cm³/mol. The van der Waals surface area contributed by atoms with Gasteiger partial charge in [-0.1, -0.05) is 85.8 Å². The van der Waals surface area contributed by atoms with Crippen LogP contribution in [0.15, 0.2) is 85.1 Å². The van der Waals surface area contributed by atoms with Crippen LogP contribution in [0.3, 0.4) is 0 Å². The van der Waals surface area contributed by atoms with E-state index >= 15 is 0 Å². The van der Waals surface area contributed by atoms with Crippen LogP contribution >= 0.6 is 0 Å². The Hall–Kier alpha value is -3.99. The Morgan fingerprint density at radius 1 is 0.861 bits per heavy atom. The lowest BCUT2D eigenvalue weighted by Crippen LogP contribution is -2.08. The van der Waals surface area contributed by atoms with E-state index in [9.17, 15) is 9.59 Å². The normalized spacial score (nSPS) is 11.7. The smallest absolute Gasteiger partial charge is 0.306 e. The number of aromatic nitrogens is 2. The van der Waals surface area contributed by atoms with Crippen LogP contribution in [-0.4, -0.2) is 21.7 Å². The maximum absolute atomic E-state index is 12.7. The lowest BCUT2D eigenvalue weighted by atomic mass is 9.91. The molecule has 0 fully saturated rings. The number of hydrogen-bond donors (Lipinski definition) is 1. The topological polar surface area (TPSA) is 72.0 Å². The SMILES string of the molecule is Cc1c(COC(=O)CCc2ccccc2)cccc1C(C)c1cnc(C(=O)CCc2ccccc2)[nH]1. The molecule has 1 N–H and O–H groups in total. The van der Waals surface area contributed by atoms with Gasteiger partial charge in [0.2, 0.25) is 0 Å². The van der Waals surface area contributed by atoms with Gasteiger partial charge in [0.1, 0.15) is 6.61 Å². The van der Waals surface area contributed by atoms with Crippen molar-refractivity contribution >= 4 is 11.8 Å². The van der Waals surface area contributed by atoms with E-state index in [-0.39, 0.29) is 24.3 Å². The number of hydrogen-bond acceptors (Lipinski definition) is 4. The van der Waals surface area contributed by atoms with Gasteiger partial charge in [-0.3, -0.25) is 9.59 Å². The summed E-state index contributed by atoms with van der Waals surface area (Å²) in [5.74, 6) is 0.213. The zero-order valence-corrected chi connectivity index (χ0v) is 20.9. The summed E-state index contributed by atoms with van der Waals surface area (Å²) in [7, 11) is 0. The Morgan fingerprint density at radius 3 is 2.17 bits per heavy atom. The predicted octanol–water partition coefficient (Wildman–Crippen LogP) is 6.36. The molecule has 4 aromatic rings. The number of carbonyl (C=O) groups excluding carboxylic acids is 2. The lowest BCUT2D eigenvalue weighted by Gasteiger charge is -2.16. The summed E-state index contributed by atoms with van der Waals surface area (Å²) in [6, 6.07) is 26.0. The highest BCUT2D eigenvalue weighted by atomic mass is 16.5. The van der Waals surface area contributed by atoms with Crippen molar-refractivity contribution in [1.82, 2.24) is 9.97 Å². The van der Waals surface area contributed by atoms with Crippen molar-refractivity contribution in [2.75, 3.05) is 0 Å². The summed E-state index contributed by atoms with van der Waals surface area (Å²) in [5, 5.41) is 0. The molecule has 0 saturated heterocycles. The fraction of sp³-hybridized carbons (Fsp3) is 0.258. The van der Waals surface area contributed by atoms with Gasteiger partial charge in [0.05, 0.1) is 0 Å². The third-order valence-electron chi connectivity index (χ3n) is 6.61. The number of aromatic amines is 1. The van der Waals surface area contributed by atoms with Gasteiger partial charge in [-0.05, 0) is 47.6 Å². The highest BCUT2D eigenvalue weighted by Gasteiger charge is 2.18. The number of ketones is 1. The molecule has 0 radical (unpaired) electrons. The molecule has 0 aliphatic rings. The second-order valence-electron chi connectivity index (χ2n) is 9.10. The number of rotatable bonds is 11. The Labute approximate surface area is 212 Å². The average molecular weight is 481 g/mol. The molecule has 1 atom stereocenters. The zero-order valence-electron chi connectivity index (χ0n) is 20.9. The highest BCUT2D eigenvalue weighted by molar-refractivity contribution is 5.92. The summed E-state index contributed by atoms with van der Waals surface area (Å²) in [5.41, 5.74) is 6.31. The van der Waals surface area contributed by atoms with E-state index in [4.69, 9.17) is 4.74 Å². The van der Waals surface area contributed by atoms with Gasteiger partial charge in [-0.25, -0.2) is 4.98 Å². The number of aryl methyl sites for hydroxylation is 2. The Bertz CT molecular complexity index is 1300. The van der Waals surface area contributed by atoms with Crippen LogP contribution in [0.1, 0.15) is 69.8 Å². The largest absolute Gasteiger partial charge is 0.461 e. The number of Topliss-reactive ketones (excluding diaryl/α,β-unsaturated/α-hetero) is 1. The van der Waals surface area contributed by atoms with Crippen LogP contribution in [0.4, 0.5) is 0 Å². The molecule has 0 spiro atoms. The molecule has 5 heteroatoms. The molecule has 0 aliphatic heterocycles. The second kappa shape index (κ2) is 12.1. The molecule has 36 heavy (non-hydrogen) atoms. The van der Waals surface area contributed by atoms with Crippen molar-refractivity contribution < 1.29 is 14.3 Å². The molecule has 0 saturated carbocycles. The number of nitrogens with zero attached hydrogens (tertiary/aromatic N) is 1. The minimum atomic E-state index is -0.205. The van der Waals surface area contributed by atoms with Gasteiger partial charge < -0.3 is 9.72 Å². The second-order valence-corrected chi connectivity index (χ2v) is 9.10. The Morgan fingerprint density at radius 2 is 1.50 bits per heavy atom. The molecule has 5 nitrogen and oxygen atoms in total. The van der Waals surface area contributed by atoms with E-state index in [0.29, 0.717) is 31.5 Å². The van der Waals surface area contributed by atoms with Gasteiger partial charge in [0.25, 0.3) is 0 Å². The first-order valence-electron chi connectivity index (χ1n) is 12.4. The average Bonchev–Trinajstić information content (AvgIpc) is 3.41. The fourth-order valence-corrected chi connectivity index (χ4v) is 4.34. The monoisotopic (exact) mass is 480 g/mol. The van der Waals surface area contributed by atoms with E-state index < -0.39 is 0 Å². The van der Waals surface area contributed by atoms with Crippen molar-refractivity contribution in [3.63, 3.8) is 0 Å². The molecular formula is C31H32N2O3. The number of carbonyl (C=O) groups is 2. The molecule has 1 heterocycles. The number of ether oxygens (including phenoxy) is 1. The number of nitrogens with one attached hydrogen (secondary N) is 1. The van der Waals surface area contributed by atoms with Crippen molar-refractivity contribution in [3.8, 4) is 0 Å². The molecule has 0 bridgehead atoms. The zero-order chi connectivity index (χ0) is 25.3. The molecule has 0 amide bonds. The van der Waals surface area contributed by atoms with Crippen LogP contribution < -0.4 is 0 Å². The Balaban J connectivity index is 1.35. The molecule has 3 aromatic carbocycles. The van der Waals surface area contributed by atoms with Crippen LogP contribution in [0.5, 0.6) is 0 Å². The van der Waals surface area contributed by atoms with Crippen LogP contribution in [0, 0.1) is 6.92 Å². The summed E-state index contributed by atoms with van der Waals surface area (Å²) < 4.78 is 5.57. The van der Waals surface area contributed by atoms with E-state index in [2.05, 4.69) is 23.0 Å². The lowest BCUT2D eigenvalue weighted by molar-refractivity contribution is -0.144. The number of imidazole rings is 1. The maximum Gasteiger partial charge on any atom is 0.306 e. The minimum Gasteiger partial charge on any atom is -0.461 e. The van der Waals surface area contributed by atoms with Crippen molar-refractivity contribution in [2.24, 2.45) is 0 Å². The first kappa shape index (κ1) is 25.1. The number of H-pyrrole nitrogens is 1. The Kier molecular flexibility index (Phi) is 8.45. The van der Waals surface area contributed by atoms with E-state index in [1.807, 2.05) is 79.7 Å².